The standard InChI is InChI=1S/C16H17ClN2O3/c1-3-4-8-11(16(21)22)18-15(20)14-13(17)10-7-5-6-9-12(10)19(14)2/h3,5-7,9,11H,1,4,8H2,2H3,(H,18,20)(H,21,22). The fourth-order valence-electron chi connectivity index (χ4n) is 2.37. The second-order valence-electron chi connectivity index (χ2n) is 4.97. The number of benzene rings is 1. The highest BCUT2D eigenvalue weighted by Crippen LogP contribution is 2.29. The average Bonchev–Trinajstić information content (AvgIpc) is 2.75. The number of aromatic nitrogens is 1. The van der Waals surface area contributed by atoms with Crippen LogP contribution in [0.15, 0.2) is 36.9 Å². The van der Waals surface area contributed by atoms with Gasteiger partial charge in [0.1, 0.15) is 11.7 Å². The Bertz CT molecular complexity index is 697. The number of hydrogen-bond donors (Lipinski definition) is 2. The third kappa shape index (κ3) is 2.99. The first kappa shape index (κ1) is 16.1. The molecule has 6 heteroatoms. The van der Waals surface area contributed by atoms with Crippen molar-refractivity contribution in [2.45, 2.75) is 18.9 Å². The minimum atomic E-state index is -1.08. The summed E-state index contributed by atoms with van der Waals surface area (Å²) in [5.74, 6) is -1.58. The summed E-state index contributed by atoms with van der Waals surface area (Å²) in [6, 6.07) is 6.38. The summed E-state index contributed by atoms with van der Waals surface area (Å²) < 4.78 is 1.67. The molecular formula is C16H17ClN2O3. The average molecular weight is 321 g/mol. The van der Waals surface area contributed by atoms with Crippen LogP contribution in [-0.2, 0) is 11.8 Å². The number of nitrogens with zero attached hydrogens (tertiary/aromatic N) is 1. The van der Waals surface area contributed by atoms with Crippen molar-refractivity contribution in [3.05, 3.63) is 47.6 Å². The van der Waals surface area contributed by atoms with Crippen LogP contribution in [0.1, 0.15) is 23.3 Å². The minimum absolute atomic E-state index is 0.257. The van der Waals surface area contributed by atoms with Crippen LogP contribution in [-0.4, -0.2) is 27.6 Å². The molecule has 0 saturated carbocycles. The molecule has 0 aliphatic heterocycles. The van der Waals surface area contributed by atoms with E-state index >= 15 is 0 Å². The van der Waals surface area contributed by atoms with Crippen molar-refractivity contribution in [2.75, 3.05) is 0 Å². The van der Waals surface area contributed by atoms with Crippen LogP contribution in [0.3, 0.4) is 0 Å². The second-order valence-corrected chi connectivity index (χ2v) is 5.35. The van der Waals surface area contributed by atoms with Gasteiger partial charge < -0.3 is 15.0 Å². The van der Waals surface area contributed by atoms with Gasteiger partial charge in [0.05, 0.1) is 5.02 Å². The molecule has 1 heterocycles. The van der Waals surface area contributed by atoms with E-state index in [4.69, 9.17) is 11.6 Å². The summed E-state index contributed by atoms with van der Waals surface area (Å²) in [4.78, 5) is 23.7. The molecule has 22 heavy (non-hydrogen) atoms. The largest absolute Gasteiger partial charge is 0.480 e. The number of hydrogen-bond acceptors (Lipinski definition) is 2. The lowest BCUT2D eigenvalue weighted by atomic mass is 10.1. The van der Waals surface area contributed by atoms with Crippen molar-refractivity contribution < 1.29 is 14.7 Å². The molecule has 1 aromatic heterocycles. The Labute approximate surface area is 133 Å². The first-order valence-electron chi connectivity index (χ1n) is 6.84. The highest BCUT2D eigenvalue weighted by atomic mass is 35.5. The van der Waals surface area contributed by atoms with Crippen molar-refractivity contribution in [3.63, 3.8) is 0 Å². The van der Waals surface area contributed by atoms with E-state index in [2.05, 4.69) is 11.9 Å². The Balaban J connectivity index is 2.33. The highest BCUT2D eigenvalue weighted by molar-refractivity contribution is 6.38. The molecule has 0 bridgehead atoms. The maximum Gasteiger partial charge on any atom is 0.326 e. The summed E-state index contributed by atoms with van der Waals surface area (Å²) >= 11 is 6.28. The van der Waals surface area contributed by atoms with Crippen molar-refractivity contribution in [1.82, 2.24) is 9.88 Å². The number of carbonyl (C=O) groups excluding carboxylic acids is 1. The zero-order valence-corrected chi connectivity index (χ0v) is 12.9. The lowest BCUT2D eigenvalue weighted by Crippen LogP contribution is -2.41. The maximum atomic E-state index is 12.4. The van der Waals surface area contributed by atoms with Gasteiger partial charge in [0.25, 0.3) is 5.91 Å². The molecule has 1 aromatic carbocycles. The molecule has 2 aromatic rings. The molecule has 0 fully saturated rings. The van der Waals surface area contributed by atoms with E-state index in [0.717, 1.165) is 10.9 Å². The molecule has 5 nitrogen and oxygen atoms in total. The quantitative estimate of drug-likeness (QED) is 0.804. The van der Waals surface area contributed by atoms with E-state index in [-0.39, 0.29) is 12.1 Å². The van der Waals surface area contributed by atoms with Crippen molar-refractivity contribution >= 4 is 34.4 Å². The van der Waals surface area contributed by atoms with Crippen molar-refractivity contribution in [3.8, 4) is 0 Å². The fourth-order valence-corrected chi connectivity index (χ4v) is 2.74. The Hall–Kier alpha value is -2.27. The molecule has 116 valence electrons. The van der Waals surface area contributed by atoms with Gasteiger partial charge in [-0.15, -0.1) is 6.58 Å². The predicted molar refractivity (Wildman–Crippen MR) is 86.3 cm³/mol. The molecule has 1 atom stereocenters. The fraction of sp³-hybridized carbons (Fsp3) is 0.250. The van der Waals surface area contributed by atoms with E-state index < -0.39 is 17.9 Å². The van der Waals surface area contributed by atoms with E-state index in [1.165, 1.54) is 0 Å². The maximum absolute atomic E-state index is 12.4. The van der Waals surface area contributed by atoms with Gasteiger partial charge in [0, 0.05) is 18.0 Å². The molecular weight excluding hydrogens is 304 g/mol. The molecule has 0 spiro atoms. The van der Waals surface area contributed by atoms with Crippen LogP contribution in [0.5, 0.6) is 0 Å². The molecule has 2 rings (SSSR count). The van der Waals surface area contributed by atoms with Gasteiger partial charge in [-0.3, -0.25) is 4.79 Å². The number of carboxylic acid groups (broad SMARTS) is 1. The number of aliphatic carboxylic acids is 1. The topological polar surface area (TPSA) is 71.3 Å². The first-order valence-corrected chi connectivity index (χ1v) is 7.22. The molecule has 0 radical (unpaired) electrons. The number of carbonyl (C=O) groups is 2. The van der Waals surface area contributed by atoms with Crippen LogP contribution in [0.4, 0.5) is 0 Å². The van der Waals surface area contributed by atoms with Crippen LogP contribution in [0.25, 0.3) is 10.9 Å². The first-order chi connectivity index (χ1) is 10.5. The number of aryl methyl sites for hydroxylation is 1. The Morgan fingerprint density at radius 3 is 2.73 bits per heavy atom. The number of carboxylic acids is 1. The van der Waals surface area contributed by atoms with Gasteiger partial charge in [-0.25, -0.2) is 4.79 Å². The summed E-state index contributed by atoms with van der Waals surface area (Å²) in [6.07, 6.45) is 2.40. The van der Waals surface area contributed by atoms with Crippen LogP contribution in [0.2, 0.25) is 5.02 Å². The number of amides is 1. The van der Waals surface area contributed by atoms with Crippen LogP contribution in [0, 0.1) is 0 Å². The molecule has 0 aliphatic rings. The Morgan fingerprint density at radius 1 is 1.45 bits per heavy atom. The molecule has 1 unspecified atom stereocenters. The lowest BCUT2D eigenvalue weighted by molar-refractivity contribution is -0.139. The number of allylic oxidation sites excluding steroid dienone is 1. The number of rotatable bonds is 6. The molecule has 0 aliphatic carbocycles. The van der Waals surface area contributed by atoms with Gasteiger partial charge in [-0.2, -0.15) is 0 Å². The predicted octanol–water partition coefficient (Wildman–Crippen LogP) is 2.98. The SMILES string of the molecule is C=CCCC(NC(=O)c1c(Cl)c2ccccc2n1C)C(=O)O. The smallest absolute Gasteiger partial charge is 0.326 e. The molecule has 2 N–H and O–H groups in total. The third-order valence-corrected chi connectivity index (χ3v) is 3.91. The van der Waals surface area contributed by atoms with E-state index in [0.29, 0.717) is 11.4 Å². The van der Waals surface area contributed by atoms with Gasteiger partial charge >= 0.3 is 5.97 Å². The second kappa shape index (κ2) is 6.66. The number of halogens is 1. The lowest BCUT2D eigenvalue weighted by Gasteiger charge is -2.14. The molecule has 0 saturated heterocycles. The van der Waals surface area contributed by atoms with E-state index in [1.54, 1.807) is 17.7 Å². The number of fused-ring (bicyclic) bond motifs is 1. The third-order valence-electron chi connectivity index (χ3n) is 3.52. The van der Waals surface area contributed by atoms with Gasteiger partial charge in [-0.1, -0.05) is 35.9 Å². The summed E-state index contributed by atoms with van der Waals surface area (Å²) in [5.41, 5.74) is 1.07. The monoisotopic (exact) mass is 320 g/mol. The Kier molecular flexibility index (Phi) is 4.88. The van der Waals surface area contributed by atoms with Gasteiger partial charge in [0.15, 0.2) is 0 Å². The van der Waals surface area contributed by atoms with Crippen LogP contribution < -0.4 is 5.32 Å². The summed E-state index contributed by atoms with van der Waals surface area (Å²) in [7, 11) is 1.72. The highest BCUT2D eigenvalue weighted by Gasteiger charge is 2.24. The molecule has 1 amide bonds. The normalized spacial score (nSPS) is 12.1. The number of para-hydroxylation sites is 1. The summed E-state index contributed by atoms with van der Waals surface area (Å²) in [6.45, 7) is 3.56. The Morgan fingerprint density at radius 2 is 2.14 bits per heavy atom. The van der Waals surface area contributed by atoms with Gasteiger partial charge in [-0.05, 0) is 18.9 Å². The van der Waals surface area contributed by atoms with Crippen LogP contribution >= 0.6 is 11.6 Å². The van der Waals surface area contributed by atoms with Crippen molar-refractivity contribution in [1.29, 1.82) is 0 Å². The number of nitrogens with one attached hydrogen (secondary N) is 1. The van der Waals surface area contributed by atoms with Gasteiger partial charge in [0.2, 0.25) is 0 Å². The van der Waals surface area contributed by atoms with E-state index in [1.807, 2.05) is 24.3 Å². The zero-order chi connectivity index (χ0) is 16.3. The van der Waals surface area contributed by atoms with E-state index in [9.17, 15) is 14.7 Å². The van der Waals surface area contributed by atoms with Crippen molar-refractivity contribution in [2.24, 2.45) is 7.05 Å². The zero-order valence-electron chi connectivity index (χ0n) is 12.2. The summed E-state index contributed by atoms with van der Waals surface area (Å²) in [5, 5.41) is 12.8. The minimum Gasteiger partial charge on any atom is -0.480 e.